The van der Waals surface area contributed by atoms with Gasteiger partial charge in [-0.15, -0.1) is 24.0 Å². The third kappa shape index (κ3) is 5.26. The van der Waals surface area contributed by atoms with Crippen LogP contribution in [0.25, 0.3) is 0 Å². The number of hydrogen-bond acceptors (Lipinski definition) is 3. The number of nitrogens with zero attached hydrogens (tertiary/aromatic N) is 1. The average Bonchev–Trinajstić information content (AvgIpc) is 2.85. The summed E-state index contributed by atoms with van der Waals surface area (Å²) in [7, 11) is 0. The summed E-state index contributed by atoms with van der Waals surface area (Å²) in [5.74, 6) is 1.89. The molecule has 5 nitrogen and oxygen atoms in total. The van der Waals surface area contributed by atoms with Crippen molar-refractivity contribution in [3.8, 4) is 11.5 Å². The predicted molar refractivity (Wildman–Crippen MR) is 112 cm³/mol. The first-order valence-corrected chi connectivity index (χ1v) is 8.29. The lowest BCUT2D eigenvalue weighted by Gasteiger charge is -2.11. The van der Waals surface area contributed by atoms with Crippen molar-refractivity contribution in [1.82, 2.24) is 0 Å². The van der Waals surface area contributed by atoms with Gasteiger partial charge in [-0.05, 0) is 29.7 Å². The van der Waals surface area contributed by atoms with E-state index >= 15 is 0 Å². The van der Waals surface area contributed by atoms with E-state index in [1.165, 1.54) is 11.1 Å². The highest BCUT2D eigenvalue weighted by molar-refractivity contribution is 14.0. The summed E-state index contributed by atoms with van der Waals surface area (Å²) in [5.41, 5.74) is 9.35. The molecule has 2 aromatic carbocycles. The quantitative estimate of drug-likeness (QED) is 0.418. The maximum absolute atomic E-state index is 6.02. The fraction of sp³-hybridized carbons (Fsp3) is 0.316. The summed E-state index contributed by atoms with van der Waals surface area (Å²) >= 11 is 0. The molecule has 1 aliphatic heterocycles. The van der Waals surface area contributed by atoms with Crippen LogP contribution in [0, 0.1) is 0 Å². The van der Waals surface area contributed by atoms with Crippen LogP contribution in [0.5, 0.6) is 11.5 Å². The third-order valence-electron chi connectivity index (χ3n) is 3.94. The molecular formula is C19H24IN3O2. The van der Waals surface area contributed by atoms with Gasteiger partial charge in [0.15, 0.2) is 17.5 Å². The number of aryl methyl sites for hydroxylation is 1. The summed E-state index contributed by atoms with van der Waals surface area (Å²) in [4.78, 5) is 4.44. The Hall–Kier alpha value is -1.96. The fourth-order valence-electron chi connectivity index (χ4n) is 2.66. The van der Waals surface area contributed by atoms with Crippen LogP contribution in [0.3, 0.4) is 0 Å². The van der Waals surface area contributed by atoms with E-state index in [-0.39, 0.29) is 24.0 Å². The molecule has 0 fully saturated rings. The highest BCUT2D eigenvalue weighted by Crippen LogP contribution is 2.32. The molecule has 1 aliphatic rings. The first-order chi connectivity index (χ1) is 11.8. The van der Waals surface area contributed by atoms with Crippen LogP contribution in [0.1, 0.15) is 24.5 Å². The smallest absolute Gasteiger partial charge is 0.193 e. The molecule has 0 aliphatic carbocycles. The summed E-state index contributed by atoms with van der Waals surface area (Å²) < 4.78 is 11.3. The summed E-state index contributed by atoms with van der Waals surface area (Å²) in [6.07, 6.45) is 1.87. The van der Waals surface area contributed by atoms with Gasteiger partial charge in [0.2, 0.25) is 0 Å². The standard InChI is InChI=1S/C19H23N3O2.HI/c1-2-14-6-3-4-7-15(14)13-21-19(20)22-16-8-9-17-18(12-16)24-11-5-10-23-17;/h3-4,6-9,12H,2,5,10-11,13H2,1H3,(H3,20,21,22);1H. The van der Waals surface area contributed by atoms with Gasteiger partial charge in [-0.2, -0.15) is 0 Å². The van der Waals surface area contributed by atoms with E-state index in [1.807, 2.05) is 30.3 Å². The first kappa shape index (κ1) is 19.4. The maximum Gasteiger partial charge on any atom is 0.193 e. The van der Waals surface area contributed by atoms with Crippen molar-refractivity contribution >= 4 is 35.6 Å². The van der Waals surface area contributed by atoms with Crippen molar-refractivity contribution in [3.63, 3.8) is 0 Å². The van der Waals surface area contributed by atoms with Gasteiger partial charge in [-0.25, -0.2) is 4.99 Å². The van der Waals surface area contributed by atoms with E-state index in [1.54, 1.807) is 0 Å². The Morgan fingerprint density at radius 1 is 1.08 bits per heavy atom. The zero-order valence-corrected chi connectivity index (χ0v) is 16.7. The van der Waals surface area contributed by atoms with E-state index in [4.69, 9.17) is 15.2 Å². The number of hydrogen-bond donors (Lipinski definition) is 2. The highest BCUT2D eigenvalue weighted by Gasteiger charge is 2.10. The van der Waals surface area contributed by atoms with Gasteiger partial charge in [0.25, 0.3) is 0 Å². The minimum absolute atomic E-state index is 0. The Morgan fingerprint density at radius 2 is 1.80 bits per heavy atom. The molecule has 0 aromatic heterocycles. The lowest BCUT2D eigenvalue weighted by atomic mass is 10.1. The van der Waals surface area contributed by atoms with E-state index in [0.717, 1.165) is 30.0 Å². The Balaban J connectivity index is 0.00000225. The fourth-order valence-corrected chi connectivity index (χ4v) is 2.66. The number of halogens is 1. The number of nitrogens with one attached hydrogen (secondary N) is 1. The molecule has 0 atom stereocenters. The summed E-state index contributed by atoms with van der Waals surface area (Å²) in [6.45, 7) is 4.04. The topological polar surface area (TPSA) is 68.9 Å². The number of guanidine groups is 1. The Morgan fingerprint density at radius 3 is 2.56 bits per heavy atom. The molecule has 0 bridgehead atoms. The molecule has 0 saturated carbocycles. The normalized spacial score (nSPS) is 13.6. The van der Waals surface area contributed by atoms with Crippen molar-refractivity contribution in [2.24, 2.45) is 10.7 Å². The number of nitrogens with two attached hydrogens (primary N) is 1. The number of fused-ring (bicyclic) bond motifs is 1. The molecule has 0 spiro atoms. The van der Waals surface area contributed by atoms with Gasteiger partial charge in [0.05, 0.1) is 19.8 Å². The van der Waals surface area contributed by atoms with Crippen LogP contribution in [-0.2, 0) is 13.0 Å². The van der Waals surface area contributed by atoms with Crippen molar-refractivity contribution < 1.29 is 9.47 Å². The minimum atomic E-state index is 0. The Kier molecular flexibility index (Phi) is 7.36. The predicted octanol–water partition coefficient (Wildman–Crippen LogP) is 3.96. The van der Waals surface area contributed by atoms with E-state index < -0.39 is 0 Å². The van der Waals surface area contributed by atoms with Gasteiger partial charge in [0, 0.05) is 18.2 Å². The SMILES string of the molecule is CCc1ccccc1CN=C(N)Nc1ccc2c(c1)OCCCO2.I. The number of ether oxygens (including phenoxy) is 2. The van der Waals surface area contributed by atoms with Gasteiger partial charge >= 0.3 is 0 Å². The molecule has 6 heteroatoms. The highest BCUT2D eigenvalue weighted by atomic mass is 127. The van der Waals surface area contributed by atoms with Crippen molar-refractivity contribution in [2.45, 2.75) is 26.3 Å². The minimum Gasteiger partial charge on any atom is -0.490 e. The molecule has 134 valence electrons. The lowest BCUT2D eigenvalue weighted by molar-refractivity contribution is 0.297. The van der Waals surface area contributed by atoms with E-state index in [9.17, 15) is 0 Å². The molecule has 0 radical (unpaired) electrons. The third-order valence-corrected chi connectivity index (χ3v) is 3.94. The average molecular weight is 453 g/mol. The van der Waals surface area contributed by atoms with Crippen LogP contribution in [-0.4, -0.2) is 19.2 Å². The van der Waals surface area contributed by atoms with Crippen LogP contribution in [0.15, 0.2) is 47.5 Å². The van der Waals surface area contributed by atoms with E-state index in [2.05, 4.69) is 29.4 Å². The second-order valence-electron chi connectivity index (χ2n) is 5.66. The maximum atomic E-state index is 6.02. The van der Waals surface area contributed by atoms with Gasteiger partial charge in [-0.3, -0.25) is 0 Å². The second kappa shape index (κ2) is 9.50. The molecule has 0 unspecified atom stereocenters. The molecule has 2 aromatic rings. The number of anilines is 1. The zero-order valence-electron chi connectivity index (χ0n) is 14.3. The Bertz CT molecular complexity index is 734. The van der Waals surface area contributed by atoms with Crippen LogP contribution in [0.4, 0.5) is 5.69 Å². The number of aliphatic imine (C=N–C) groups is 1. The lowest BCUT2D eigenvalue weighted by Crippen LogP contribution is -2.22. The zero-order chi connectivity index (χ0) is 16.8. The molecular weight excluding hydrogens is 429 g/mol. The van der Waals surface area contributed by atoms with Gasteiger partial charge < -0.3 is 20.5 Å². The second-order valence-corrected chi connectivity index (χ2v) is 5.66. The summed E-state index contributed by atoms with van der Waals surface area (Å²) in [6, 6.07) is 14.0. The molecule has 3 rings (SSSR count). The first-order valence-electron chi connectivity index (χ1n) is 8.29. The molecule has 1 heterocycles. The Labute approximate surface area is 165 Å². The molecule has 0 saturated heterocycles. The van der Waals surface area contributed by atoms with Crippen molar-refractivity contribution in [2.75, 3.05) is 18.5 Å². The van der Waals surface area contributed by atoms with Crippen LogP contribution >= 0.6 is 24.0 Å². The van der Waals surface area contributed by atoms with E-state index in [0.29, 0.717) is 25.7 Å². The summed E-state index contributed by atoms with van der Waals surface area (Å²) in [5, 5.41) is 3.11. The van der Waals surface area contributed by atoms with Crippen molar-refractivity contribution in [3.05, 3.63) is 53.6 Å². The largest absolute Gasteiger partial charge is 0.490 e. The van der Waals surface area contributed by atoms with Crippen LogP contribution < -0.4 is 20.5 Å². The van der Waals surface area contributed by atoms with Crippen LogP contribution in [0.2, 0.25) is 0 Å². The van der Waals surface area contributed by atoms with Gasteiger partial charge in [0.1, 0.15) is 0 Å². The molecule has 25 heavy (non-hydrogen) atoms. The molecule has 3 N–H and O–H groups in total. The van der Waals surface area contributed by atoms with Crippen molar-refractivity contribution in [1.29, 1.82) is 0 Å². The molecule has 0 amide bonds. The monoisotopic (exact) mass is 453 g/mol. The number of benzene rings is 2. The van der Waals surface area contributed by atoms with Gasteiger partial charge in [-0.1, -0.05) is 31.2 Å². The number of rotatable bonds is 4.